The van der Waals surface area contributed by atoms with Crippen LogP contribution in [0.4, 0.5) is 0 Å². The molecule has 4 rings (SSSR count). The number of aromatic nitrogens is 2. The molecule has 0 saturated carbocycles. The third-order valence-corrected chi connectivity index (χ3v) is 5.60. The van der Waals surface area contributed by atoms with E-state index >= 15 is 0 Å². The van der Waals surface area contributed by atoms with Gasteiger partial charge in [-0.1, -0.05) is 24.3 Å². The summed E-state index contributed by atoms with van der Waals surface area (Å²) >= 11 is 0. The van der Waals surface area contributed by atoms with Crippen molar-refractivity contribution < 1.29 is 9.90 Å². The molecule has 28 heavy (non-hydrogen) atoms. The maximum absolute atomic E-state index is 12.8. The third-order valence-electron chi connectivity index (χ3n) is 5.60. The lowest BCUT2D eigenvalue weighted by atomic mass is 10.1. The number of imidazole rings is 1. The largest absolute Gasteiger partial charge is 0.395 e. The fourth-order valence-electron chi connectivity index (χ4n) is 3.98. The smallest absolute Gasteiger partial charge is 0.253 e. The van der Waals surface area contributed by atoms with E-state index in [2.05, 4.69) is 11.9 Å². The average molecular weight is 378 g/mol. The third kappa shape index (κ3) is 3.41. The second-order valence-corrected chi connectivity index (χ2v) is 7.50. The summed E-state index contributed by atoms with van der Waals surface area (Å²) in [5.41, 5.74) is 3.52. The minimum absolute atomic E-state index is 0.0462. The SMILES string of the molecule is CN1CC[C@@H](N(C)C(=O)c2ccc(-c3nc4ccccc4n3CCO)cc2)C1. The number of rotatable bonds is 5. The highest BCUT2D eigenvalue weighted by Gasteiger charge is 2.27. The number of aliphatic hydroxyl groups excluding tert-OH is 1. The van der Waals surface area contributed by atoms with Crippen molar-refractivity contribution in [1.29, 1.82) is 0 Å². The van der Waals surface area contributed by atoms with Crippen molar-refractivity contribution >= 4 is 16.9 Å². The second kappa shape index (κ2) is 7.73. The Labute approximate surface area is 165 Å². The molecule has 6 heteroatoms. The zero-order valence-electron chi connectivity index (χ0n) is 16.4. The first kappa shape index (κ1) is 18.7. The van der Waals surface area contributed by atoms with E-state index in [1.165, 1.54) is 0 Å². The van der Waals surface area contributed by atoms with Crippen molar-refractivity contribution in [2.24, 2.45) is 0 Å². The highest BCUT2D eigenvalue weighted by Crippen LogP contribution is 2.25. The number of likely N-dealkylation sites (tertiary alicyclic amines) is 1. The lowest BCUT2D eigenvalue weighted by Crippen LogP contribution is -2.38. The van der Waals surface area contributed by atoms with Gasteiger partial charge in [0, 0.05) is 37.3 Å². The molecule has 1 amide bonds. The minimum atomic E-state index is 0.0462. The standard InChI is InChI=1S/C22H26N4O2/c1-24-12-11-18(15-24)25(2)22(28)17-9-7-16(8-10-17)21-23-19-5-3-4-6-20(19)26(21)13-14-27/h3-10,18,27H,11-15H2,1-2H3/t18-/m1/s1. The van der Waals surface area contributed by atoms with E-state index in [0.29, 0.717) is 12.1 Å². The summed E-state index contributed by atoms with van der Waals surface area (Å²) in [6, 6.07) is 15.8. The number of likely N-dealkylation sites (N-methyl/N-ethyl adjacent to an activating group) is 2. The Bertz CT molecular complexity index is 980. The fourth-order valence-corrected chi connectivity index (χ4v) is 3.98. The Morgan fingerprint density at radius 2 is 1.96 bits per heavy atom. The van der Waals surface area contributed by atoms with Crippen molar-refractivity contribution in [3.8, 4) is 11.4 Å². The maximum Gasteiger partial charge on any atom is 0.253 e. The summed E-state index contributed by atoms with van der Waals surface area (Å²) in [7, 11) is 3.98. The highest BCUT2D eigenvalue weighted by molar-refractivity contribution is 5.94. The number of carbonyl (C=O) groups is 1. The number of carbonyl (C=O) groups excluding carboxylic acids is 1. The molecule has 2 aromatic carbocycles. The fraction of sp³-hybridized carbons (Fsp3) is 0.364. The van der Waals surface area contributed by atoms with Crippen LogP contribution in [-0.4, -0.2) is 70.2 Å². The molecule has 0 aliphatic carbocycles. The first-order chi connectivity index (χ1) is 13.6. The summed E-state index contributed by atoms with van der Waals surface area (Å²) in [6.45, 7) is 2.48. The summed E-state index contributed by atoms with van der Waals surface area (Å²) < 4.78 is 2.02. The van der Waals surface area contributed by atoms with E-state index in [-0.39, 0.29) is 18.6 Å². The predicted molar refractivity (Wildman–Crippen MR) is 110 cm³/mol. The van der Waals surface area contributed by atoms with Gasteiger partial charge in [0.05, 0.1) is 17.6 Å². The van der Waals surface area contributed by atoms with Crippen LogP contribution in [-0.2, 0) is 6.54 Å². The van der Waals surface area contributed by atoms with Crippen LogP contribution in [0.1, 0.15) is 16.8 Å². The predicted octanol–water partition coefficient (Wildman–Crippen LogP) is 2.47. The van der Waals surface area contributed by atoms with Gasteiger partial charge in [-0.15, -0.1) is 0 Å². The minimum Gasteiger partial charge on any atom is -0.395 e. The zero-order chi connectivity index (χ0) is 19.7. The number of fused-ring (bicyclic) bond motifs is 1. The molecule has 1 fully saturated rings. The highest BCUT2D eigenvalue weighted by atomic mass is 16.3. The van der Waals surface area contributed by atoms with Gasteiger partial charge in [0.1, 0.15) is 5.82 Å². The van der Waals surface area contributed by atoms with Gasteiger partial charge in [-0.3, -0.25) is 4.79 Å². The molecule has 1 aliphatic heterocycles. The van der Waals surface area contributed by atoms with Crippen LogP contribution in [0.15, 0.2) is 48.5 Å². The van der Waals surface area contributed by atoms with Crippen LogP contribution >= 0.6 is 0 Å². The van der Waals surface area contributed by atoms with Gasteiger partial charge in [0.2, 0.25) is 0 Å². The van der Waals surface area contributed by atoms with Crippen LogP contribution < -0.4 is 0 Å². The number of nitrogens with zero attached hydrogens (tertiary/aromatic N) is 4. The molecule has 0 bridgehead atoms. The van der Waals surface area contributed by atoms with Gasteiger partial charge < -0.3 is 19.5 Å². The lowest BCUT2D eigenvalue weighted by Gasteiger charge is -2.24. The number of hydrogen-bond acceptors (Lipinski definition) is 4. The number of amides is 1. The summed E-state index contributed by atoms with van der Waals surface area (Å²) in [6.07, 6.45) is 1.02. The molecule has 0 radical (unpaired) electrons. The van der Waals surface area contributed by atoms with Gasteiger partial charge in [-0.05, 0) is 44.3 Å². The molecule has 1 aromatic heterocycles. The molecule has 6 nitrogen and oxygen atoms in total. The molecule has 0 unspecified atom stereocenters. The van der Waals surface area contributed by atoms with Crippen molar-refractivity contribution in [3.63, 3.8) is 0 Å². The van der Waals surface area contributed by atoms with E-state index in [1.807, 2.05) is 65.0 Å². The quantitative estimate of drug-likeness (QED) is 0.741. The van der Waals surface area contributed by atoms with Crippen LogP contribution in [0.2, 0.25) is 0 Å². The monoisotopic (exact) mass is 378 g/mol. The number of para-hydroxylation sites is 2. The van der Waals surface area contributed by atoms with E-state index in [1.54, 1.807) is 0 Å². The molecule has 146 valence electrons. The van der Waals surface area contributed by atoms with E-state index in [4.69, 9.17) is 4.98 Å². The maximum atomic E-state index is 12.8. The number of benzene rings is 2. The molecular weight excluding hydrogens is 352 g/mol. The van der Waals surface area contributed by atoms with Gasteiger partial charge in [0.25, 0.3) is 5.91 Å². The Hall–Kier alpha value is -2.70. The molecule has 0 spiro atoms. The number of hydrogen-bond donors (Lipinski definition) is 1. The molecule has 1 N–H and O–H groups in total. The summed E-state index contributed by atoms with van der Waals surface area (Å²) in [4.78, 5) is 21.7. The molecule has 1 saturated heterocycles. The topological polar surface area (TPSA) is 61.6 Å². The Kier molecular flexibility index (Phi) is 5.15. The Morgan fingerprint density at radius 1 is 1.21 bits per heavy atom. The van der Waals surface area contributed by atoms with Crippen LogP contribution in [0, 0.1) is 0 Å². The Morgan fingerprint density at radius 3 is 2.64 bits per heavy atom. The first-order valence-corrected chi connectivity index (χ1v) is 9.70. The summed E-state index contributed by atoms with van der Waals surface area (Å²) in [5.74, 6) is 0.857. The molecular formula is C22H26N4O2. The summed E-state index contributed by atoms with van der Waals surface area (Å²) in [5, 5.41) is 9.47. The lowest BCUT2D eigenvalue weighted by molar-refractivity contribution is 0.0737. The first-order valence-electron chi connectivity index (χ1n) is 9.70. The average Bonchev–Trinajstić information content (AvgIpc) is 3.31. The van der Waals surface area contributed by atoms with Gasteiger partial charge in [-0.25, -0.2) is 4.98 Å². The van der Waals surface area contributed by atoms with Crippen molar-refractivity contribution in [2.45, 2.75) is 19.0 Å². The van der Waals surface area contributed by atoms with E-state index < -0.39 is 0 Å². The second-order valence-electron chi connectivity index (χ2n) is 7.50. The van der Waals surface area contributed by atoms with Crippen LogP contribution in [0.25, 0.3) is 22.4 Å². The number of aliphatic hydroxyl groups is 1. The molecule has 1 aliphatic rings. The van der Waals surface area contributed by atoms with Gasteiger partial charge >= 0.3 is 0 Å². The van der Waals surface area contributed by atoms with Crippen LogP contribution in [0.5, 0.6) is 0 Å². The van der Waals surface area contributed by atoms with Crippen molar-refractivity contribution in [3.05, 3.63) is 54.1 Å². The molecule has 1 atom stereocenters. The van der Waals surface area contributed by atoms with E-state index in [0.717, 1.165) is 41.9 Å². The van der Waals surface area contributed by atoms with Gasteiger partial charge in [0.15, 0.2) is 0 Å². The zero-order valence-corrected chi connectivity index (χ0v) is 16.4. The normalized spacial score (nSPS) is 17.3. The van der Waals surface area contributed by atoms with Gasteiger partial charge in [-0.2, -0.15) is 0 Å². The molecule has 2 heterocycles. The molecule has 3 aromatic rings. The van der Waals surface area contributed by atoms with E-state index in [9.17, 15) is 9.90 Å². The van der Waals surface area contributed by atoms with Crippen molar-refractivity contribution in [1.82, 2.24) is 19.4 Å². The van der Waals surface area contributed by atoms with Crippen molar-refractivity contribution in [2.75, 3.05) is 33.8 Å². The Balaban J connectivity index is 1.61. The van der Waals surface area contributed by atoms with Crippen LogP contribution in [0.3, 0.4) is 0 Å².